The number of nitrogens with one attached hydrogen (secondary N) is 3. The highest BCUT2D eigenvalue weighted by Gasteiger charge is 2.15. The van der Waals surface area contributed by atoms with Gasteiger partial charge in [0.05, 0.1) is 23.0 Å². The summed E-state index contributed by atoms with van der Waals surface area (Å²) in [5.74, 6) is -0.585. The molecule has 10 nitrogen and oxygen atoms in total. The summed E-state index contributed by atoms with van der Waals surface area (Å²) in [5.41, 5.74) is 4.98. The van der Waals surface area contributed by atoms with Crippen LogP contribution in [-0.4, -0.2) is 43.8 Å². The van der Waals surface area contributed by atoms with Crippen molar-refractivity contribution in [3.05, 3.63) is 75.4 Å². The zero-order valence-corrected chi connectivity index (χ0v) is 25.3. The maximum Gasteiger partial charge on any atom is 0.329 e. The summed E-state index contributed by atoms with van der Waals surface area (Å²) in [6.45, 7) is 6.63. The first-order valence-electron chi connectivity index (χ1n) is 13.1. The third kappa shape index (κ3) is 10.4. The number of carbonyl (C=O) groups excluding carboxylic acids is 3. The Kier molecular flexibility index (Phi) is 12.4. The zero-order valence-electron chi connectivity index (χ0n) is 23.2. The number of anilines is 2. The Balaban J connectivity index is 1.55. The van der Waals surface area contributed by atoms with Crippen molar-refractivity contribution < 1.29 is 28.6 Å². The van der Waals surface area contributed by atoms with E-state index in [0.29, 0.717) is 51.0 Å². The van der Waals surface area contributed by atoms with Crippen LogP contribution >= 0.6 is 22.6 Å². The van der Waals surface area contributed by atoms with Crippen LogP contribution in [0.1, 0.15) is 37.8 Å². The molecule has 0 fully saturated rings. The Morgan fingerprint density at radius 3 is 2.39 bits per heavy atom. The van der Waals surface area contributed by atoms with Crippen LogP contribution in [-0.2, 0) is 14.4 Å². The Labute approximate surface area is 253 Å². The Morgan fingerprint density at radius 2 is 1.68 bits per heavy atom. The number of nitrogens with zero attached hydrogens (tertiary/aromatic N) is 1. The molecule has 3 amide bonds. The fraction of sp³-hybridized carbons (Fsp3) is 0.267. The number of hydrogen-bond acceptors (Lipinski definition) is 7. The van der Waals surface area contributed by atoms with E-state index in [1.807, 2.05) is 32.0 Å². The maximum atomic E-state index is 12.4. The fourth-order valence-corrected chi connectivity index (χ4v) is 4.28. The van der Waals surface area contributed by atoms with E-state index >= 15 is 0 Å². The first-order chi connectivity index (χ1) is 19.8. The third-order valence-electron chi connectivity index (χ3n) is 5.45. The standard InChI is InChI=1S/C30H33IN4O6/c1-4-6-14-40-24-12-10-22(11-13-24)34-29(37)30(38)35-32-18-21-16-25(31)28(26(17-21)39-5-2)41-19-27(36)33-23-9-7-8-20(3)15-23/h7-13,15-18H,4-6,14,19H2,1-3H3,(H,33,36)(H,34,37)(H,35,38)/b32-18-. The van der Waals surface area contributed by atoms with Crippen molar-refractivity contribution in [3.8, 4) is 17.2 Å². The Hall–Kier alpha value is -4.13. The van der Waals surface area contributed by atoms with Gasteiger partial charge < -0.3 is 24.8 Å². The van der Waals surface area contributed by atoms with E-state index in [9.17, 15) is 14.4 Å². The minimum absolute atomic E-state index is 0.211. The summed E-state index contributed by atoms with van der Waals surface area (Å²) in [4.78, 5) is 36.9. The second kappa shape index (κ2) is 16.2. The van der Waals surface area contributed by atoms with Crippen LogP contribution in [0.25, 0.3) is 0 Å². The molecule has 0 radical (unpaired) electrons. The first-order valence-corrected chi connectivity index (χ1v) is 14.2. The van der Waals surface area contributed by atoms with Crippen LogP contribution in [0, 0.1) is 10.5 Å². The second-order valence-corrected chi connectivity index (χ2v) is 10.0. The molecule has 3 rings (SSSR count). The van der Waals surface area contributed by atoms with Gasteiger partial charge in [0.25, 0.3) is 5.91 Å². The van der Waals surface area contributed by atoms with Gasteiger partial charge in [0, 0.05) is 11.4 Å². The number of amides is 3. The van der Waals surface area contributed by atoms with Crippen molar-refractivity contribution in [3.63, 3.8) is 0 Å². The molecule has 0 atom stereocenters. The molecule has 41 heavy (non-hydrogen) atoms. The van der Waals surface area contributed by atoms with Crippen molar-refractivity contribution in [2.24, 2.45) is 5.10 Å². The molecule has 216 valence electrons. The highest BCUT2D eigenvalue weighted by Crippen LogP contribution is 2.34. The van der Waals surface area contributed by atoms with Crippen LogP contribution in [0.3, 0.4) is 0 Å². The first kappa shape index (κ1) is 31.4. The number of hydrazone groups is 1. The average molecular weight is 673 g/mol. The number of unbranched alkanes of at least 4 members (excludes halogenated alkanes) is 1. The van der Waals surface area contributed by atoms with Crippen molar-refractivity contribution in [1.29, 1.82) is 0 Å². The monoisotopic (exact) mass is 672 g/mol. The van der Waals surface area contributed by atoms with Crippen molar-refractivity contribution >= 4 is 57.9 Å². The van der Waals surface area contributed by atoms with E-state index in [1.165, 1.54) is 6.21 Å². The summed E-state index contributed by atoms with van der Waals surface area (Å²) >= 11 is 2.07. The minimum atomic E-state index is -0.927. The fourth-order valence-electron chi connectivity index (χ4n) is 3.50. The van der Waals surface area contributed by atoms with Gasteiger partial charge in [-0.25, -0.2) is 5.43 Å². The maximum absolute atomic E-state index is 12.4. The van der Waals surface area contributed by atoms with Crippen LogP contribution in [0.15, 0.2) is 65.8 Å². The lowest BCUT2D eigenvalue weighted by Crippen LogP contribution is -2.32. The minimum Gasteiger partial charge on any atom is -0.494 e. The topological polar surface area (TPSA) is 127 Å². The lowest BCUT2D eigenvalue weighted by molar-refractivity contribution is -0.136. The van der Waals surface area contributed by atoms with E-state index in [0.717, 1.165) is 18.4 Å². The van der Waals surface area contributed by atoms with Crippen molar-refractivity contribution in [2.75, 3.05) is 30.5 Å². The normalized spacial score (nSPS) is 10.6. The number of carbonyl (C=O) groups is 3. The largest absolute Gasteiger partial charge is 0.494 e. The summed E-state index contributed by atoms with van der Waals surface area (Å²) in [7, 11) is 0. The second-order valence-electron chi connectivity index (χ2n) is 8.85. The van der Waals surface area contributed by atoms with Gasteiger partial charge in [-0.1, -0.05) is 25.5 Å². The van der Waals surface area contributed by atoms with E-state index in [2.05, 4.69) is 50.7 Å². The zero-order chi connectivity index (χ0) is 29.6. The molecular formula is C30H33IN4O6. The lowest BCUT2D eigenvalue weighted by atomic mass is 10.2. The van der Waals surface area contributed by atoms with Crippen LogP contribution in [0.5, 0.6) is 17.2 Å². The molecule has 0 saturated heterocycles. The van der Waals surface area contributed by atoms with Crippen LogP contribution < -0.4 is 30.3 Å². The molecule has 0 unspecified atom stereocenters. The average Bonchev–Trinajstić information content (AvgIpc) is 2.94. The molecule has 3 aromatic rings. The van der Waals surface area contributed by atoms with E-state index in [1.54, 1.807) is 42.5 Å². The van der Waals surface area contributed by atoms with Gasteiger partial charge in [0.1, 0.15) is 5.75 Å². The molecule has 0 heterocycles. The predicted octanol–water partition coefficient (Wildman–Crippen LogP) is 5.28. The van der Waals surface area contributed by atoms with Gasteiger partial charge in [-0.2, -0.15) is 5.10 Å². The molecule has 0 saturated carbocycles. The van der Waals surface area contributed by atoms with E-state index < -0.39 is 11.8 Å². The summed E-state index contributed by atoms with van der Waals surface area (Å²) < 4.78 is 17.8. The third-order valence-corrected chi connectivity index (χ3v) is 6.25. The number of ether oxygens (including phenoxy) is 3. The molecule has 0 aromatic heterocycles. The molecule has 0 aliphatic carbocycles. The molecule has 0 spiro atoms. The molecule has 0 bridgehead atoms. The Morgan fingerprint density at radius 1 is 0.902 bits per heavy atom. The van der Waals surface area contributed by atoms with Crippen molar-refractivity contribution in [2.45, 2.75) is 33.6 Å². The highest BCUT2D eigenvalue weighted by molar-refractivity contribution is 14.1. The van der Waals surface area contributed by atoms with E-state index in [4.69, 9.17) is 14.2 Å². The molecular weight excluding hydrogens is 639 g/mol. The van der Waals surface area contributed by atoms with Gasteiger partial charge in [-0.05, 0) is 103 Å². The van der Waals surface area contributed by atoms with Gasteiger partial charge in [0.2, 0.25) is 0 Å². The van der Waals surface area contributed by atoms with Crippen molar-refractivity contribution in [1.82, 2.24) is 5.43 Å². The predicted molar refractivity (Wildman–Crippen MR) is 167 cm³/mol. The van der Waals surface area contributed by atoms with Gasteiger partial charge in [-0.15, -0.1) is 0 Å². The lowest BCUT2D eigenvalue weighted by Gasteiger charge is -2.14. The summed E-state index contributed by atoms with van der Waals surface area (Å²) in [6.07, 6.45) is 3.37. The quantitative estimate of drug-likeness (QED) is 0.0746. The number of hydrogen-bond donors (Lipinski definition) is 3. The number of halogens is 1. The van der Waals surface area contributed by atoms with Crippen LogP contribution in [0.4, 0.5) is 11.4 Å². The van der Waals surface area contributed by atoms with Gasteiger partial charge in [0.15, 0.2) is 18.1 Å². The summed E-state index contributed by atoms with van der Waals surface area (Å²) in [5, 5.41) is 9.21. The smallest absolute Gasteiger partial charge is 0.329 e. The number of aryl methyl sites for hydroxylation is 1. The van der Waals surface area contributed by atoms with E-state index in [-0.39, 0.29) is 12.5 Å². The van der Waals surface area contributed by atoms with Gasteiger partial charge >= 0.3 is 11.8 Å². The number of benzene rings is 3. The summed E-state index contributed by atoms with van der Waals surface area (Å²) in [6, 6.07) is 17.7. The highest BCUT2D eigenvalue weighted by atomic mass is 127. The molecule has 0 aliphatic rings. The number of rotatable bonds is 13. The molecule has 11 heteroatoms. The molecule has 0 aliphatic heterocycles. The molecule has 3 aromatic carbocycles. The molecule has 3 N–H and O–H groups in total. The Bertz CT molecular complexity index is 1380. The van der Waals surface area contributed by atoms with Gasteiger partial charge in [-0.3, -0.25) is 14.4 Å². The van der Waals surface area contributed by atoms with Crippen LogP contribution in [0.2, 0.25) is 0 Å². The SMILES string of the molecule is CCCCOc1ccc(NC(=O)C(=O)N/N=C\c2cc(I)c(OCC(=O)Nc3cccc(C)c3)c(OCC)c2)cc1.